The van der Waals surface area contributed by atoms with Gasteiger partial charge in [-0.05, 0) is 31.0 Å². The van der Waals surface area contributed by atoms with Crippen molar-refractivity contribution >= 4 is 18.1 Å². The normalized spacial score (nSPS) is 19.2. The molecule has 0 bridgehead atoms. The van der Waals surface area contributed by atoms with E-state index in [0.717, 1.165) is 50.0 Å². The molecule has 0 spiro atoms. The molecule has 2 heterocycles. The largest absolute Gasteiger partial charge is 0.355 e. The van der Waals surface area contributed by atoms with Gasteiger partial charge < -0.3 is 9.88 Å². The number of aromatic nitrogens is 3. The number of nitrogens with one attached hydrogen (secondary N) is 1. The molecule has 0 unspecified atom stereocenters. The van der Waals surface area contributed by atoms with Crippen LogP contribution in [0.15, 0.2) is 0 Å². The van der Waals surface area contributed by atoms with Crippen LogP contribution in [0.25, 0.3) is 0 Å². The Bertz CT molecular complexity index is 698. The van der Waals surface area contributed by atoms with Crippen LogP contribution in [0.1, 0.15) is 58.3 Å². The molecule has 1 aromatic heterocycles. The van der Waals surface area contributed by atoms with Crippen molar-refractivity contribution in [3.63, 3.8) is 0 Å². The Morgan fingerprint density at radius 3 is 2.33 bits per heavy atom. The van der Waals surface area contributed by atoms with Gasteiger partial charge in [0.2, 0.25) is 5.91 Å². The third-order valence-corrected chi connectivity index (χ3v) is 5.61. The molecule has 1 amide bonds. The van der Waals surface area contributed by atoms with E-state index in [0.29, 0.717) is 24.4 Å². The first kappa shape index (κ1) is 20.5. The maximum absolute atomic E-state index is 12.0. The molecular formula is C19H34N6OS. The first-order valence-electron chi connectivity index (χ1n) is 10.3. The highest BCUT2D eigenvalue weighted by atomic mass is 32.1. The van der Waals surface area contributed by atoms with E-state index in [4.69, 9.17) is 17.3 Å². The van der Waals surface area contributed by atoms with Crippen LogP contribution in [0, 0.1) is 10.7 Å². The molecule has 1 saturated carbocycles. The highest BCUT2D eigenvalue weighted by molar-refractivity contribution is 7.71. The van der Waals surface area contributed by atoms with Gasteiger partial charge in [0, 0.05) is 44.7 Å². The second-order valence-corrected chi connectivity index (χ2v) is 8.99. The van der Waals surface area contributed by atoms with Crippen LogP contribution >= 0.6 is 12.2 Å². The van der Waals surface area contributed by atoms with Gasteiger partial charge in [-0.15, -0.1) is 0 Å². The van der Waals surface area contributed by atoms with Crippen molar-refractivity contribution in [1.82, 2.24) is 29.5 Å². The zero-order chi connectivity index (χ0) is 19.6. The van der Waals surface area contributed by atoms with Crippen LogP contribution in [-0.2, 0) is 11.5 Å². The predicted octanol–water partition coefficient (Wildman–Crippen LogP) is 2.22. The van der Waals surface area contributed by atoms with E-state index < -0.39 is 0 Å². The van der Waals surface area contributed by atoms with Crippen molar-refractivity contribution in [2.75, 3.05) is 39.3 Å². The predicted molar refractivity (Wildman–Crippen MR) is 109 cm³/mol. The number of carbonyl (C=O) groups is 1. The molecule has 2 fully saturated rings. The van der Waals surface area contributed by atoms with E-state index in [1.165, 1.54) is 12.8 Å². The standard InChI is InChI=1S/C19H34N6OS/c1-14(2)11-20-17(26)12-22-7-9-23(10-8-22)13-24-19(27)25(16-5-6-16)18(21-24)15(3)4/h14-16H,5-13H2,1-4H3,(H,20,26). The number of hydrogen-bond donors (Lipinski definition) is 1. The highest BCUT2D eigenvalue weighted by Crippen LogP contribution is 2.37. The van der Waals surface area contributed by atoms with Crippen LogP contribution in [0.4, 0.5) is 0 Å². The molecule has 1 saturated heterocycles. The van der Waals surface area contributed by atoms with Gasteiger partial charge in [-0.25, -0.2) is 4.68 Å². The molecule has 0 aromatic carbocycles. The topological polar surface area (TPSA) is 58.3 Å². The molecule has 1 N–H and O–H groups in total. The lowest BCUT2D eigenvalue weighted by atomic mass is 10.2. The van der Waals surface area contributed by atoms with Gasteiger partial charge in [-0.2, -0.15) is 5.10 Å². The van der Waals surface area contributed by atoms with Gasteiger partial charge in [0.15, 0.2) is 4.77 Å². The molecule has 1 aromatic rings. The Hall–Kier alpha value is -1.25. The molecule has 7 nitrogen and oxygen atoms in total. The van der Waals surface area contributed by atoms with Crippen molar-refractivity contribution in [2.24, 2.45) is 5.92 Å². The molecule has 1 aliphatic heterocycles. The maximum atomic E-state index is 12.0. The zero-order valence-corrected chi connectivity index (χ0v) is 18.0. The minimum Gasteiger partial charge on any atom is -0.355 e. The van der Waals surface area contributed by atoms with Crippen LogP contribution < -0.4 is 5.32 Å². The summed E-state index contributed by atoms with van der Waals surface area (Å²) in [5.41, 5.74) is 0. The zero-order valence-electron chi connectivity index (χ0n) is 17.1. The quantitative estimate of drug-likeness (QED) is 0.685. The fourth-order valence-corrected chi connectivity index (χ4v) is 3.80. The summed E-state index contributed by atoms with van der Waals surface area (Å²) < 4.78 is 5.13. The first-order valence-corrected chi connectivity index (χ1v) is 10.7. The summed E-state index contributed by atoms with van der Waals surface area (Å²) >= 11 is 5.72. The Kier molecular flexibility index (Phi) is 6.70. The maximum Gasteiger partial charge on any atom is 0.234 e. The SMILES string of the molecule is CC(C)CNC(=O)CN1CCN(Cn2nc(C(C)C)n(C3CC3)c2=S)CC1. The summed E-state index contributed by atoms with van der Waals surface area (Å²) in [6.07, 6.45) is 2.44. The summed E-state index contributed by atoms with van der Waals surface area (Å²) in [4.78, 5) is 16.6. The van der Waals surface area contributed by atoms with Crippen molar-refractivity contribution in [3.05, 3.63) is 10.6 Å². The van der Waals surface area contributed by atoms with Gasteiger partial charge in [0.25, 0.3) is 0 Å². The van der Waals surface area contributed by atoms with E-state index in [-0.39, 0.29) is 5.91 Å². The van der Waals surface area contributed by atoms with Gasteiger partial charge in [0.1, 0.15) is 5.82 Å². The van der Waals surface area contributed by atoms with Crippen molar-refractivity contribution in [1.29, 1.82) is 0 Å². The summed E-state index contributed by atoms with van der Waals surface area (Å²) in [7, 11) is 0. The molecule has 8 heteroatoms. The van der Waals surface area contributed by atoms with Crippen LogP contribution in [-0.4, -0.2) is 69.3 Å². The van der Waals surface area contributed by atoms with Crippen LogP contribution in [0.5, 0.6) is 0 Å². The molecule has 0 atom stereocenters. The summed E-state index contributed by atoms with van der Waals surface area (Å²) in [6.45, 7) is 14.3. The minimum atomic E-state index is 0.129. The molecule has 2 aliphatic rings. The average Bonchev–Trinajstić information content (AvgIpc) is 3.39. The van der Waals surface area contributed by atoms with Crippen molar-refractivity contribution in [2.45, 2.75) is 59.2 Å². The van der Waals surface area contributed by atoms with Gasteiger partial charge in [-0.1, -0.05) is 27.7 Å². The number of amides is 1. The number of hydrogen-bond acceptors (Lipinski definition) is 5. The number of piperazine rings is 1. The minimum absolute atomic E-state index is 0.129. The summed E-state index contributed by atoms with van der Waals surface area (Å²) in [5, 5.41) is 7.83. The summed E-state index contributed by atoms with van der Waals surface area (Å²) in [6, 6.07) is 0.560. The molecule has 0 radical (unpaired) electrons. The second kappa shape index (κ2) is 8.84. The van der Waals surface area contributed by atoms with Gasteiger partial charge >= 0.3 is 0 Å². The second-order valence-electron chi connectivity index (χ2n) is 8.63. The fraction of sp³-hybridized carbons (Fsp3) is 0.842. The van der Waals surface area contributed by atoms with Crippen molar-refractivity contribution in [3.8, 4) is 0 Å². The average molecular weight is 395 g/mol. The lowest BCUT2D eigenvalue weighted by Crippen LogP contribution is -2.50. The lowest BCUT2D eigenvalue weighted by Gasteiger charge is -2.34. The first-order chi connectivity index (χ1) is 12.8. The number of carbonyl (C=O) groups excluding carboxylic acids is 1. The lowest BCUT2D eigenvalue weighted by molar-refractivity contribution is -0.122. The highest BCUT2D eigenvalue weighted by Gasteiger charge is 2.30. The molecule has 3 rings (SSSR count). The Labute approximate surface area is 167 Å². The third kappa shape index (κ3) is 5.39. The van der Waals surface area contributed by atoms with E-state index in [1.807, 2.05) is 4.68 Å². The van der Waals surface area contributed by atoms with E-state index in [9.17, 15) is 4.79 Å². The van der Waals surface area contributed by atoms with Crippen LogP contribution in [0.2, 0.25) is 0 Å². The van der Waals surface area contributed by atoms with Gasteiger partial charge in [0.05, 0.1) is 13.2 Å². The number of rotatable bonds is 8. The monoisotopic (exact) mass is 394 g/mol. The summed E-state index contributed by atoms with van der Waals surface area (Å²) in [5.74, 6) is 2.11. The Morgan fingerprint density at radius 2 is 1.78 bits per heavy atom. The number of nitrogens with zero attached hydrogens (tertiary/aromatic N) is 5. The smallest absolute Gasteiger partial charge is 0.234 e. The van der Waals surface area contributed by atoms with E-state index in [2.05, 4.69) is 47.4 Å². The van der Waals surface area contributed by atoms with Gasteiger partial charge in [-0.3, -0.25) is 14.6 Å². The molecular weight excluding hydrogens is 360 g/mol. The Morgan fingerprint density at radius 1 is 1.15 bits per heavy atom. The third-order valence-electron chi connectivity index (χ3n) is 5.20. The molecule has 152 valence electrons. The van der Waals surface area contributed by atoms with Crippen molar-refractivity contribution < 1.29 is 4.79 Å². The van der Waals surface area contributed by atoms with E-state index in [1.54, 1.807) is 0 Å². The fourth-order valence-electron chi connectivity index (χ4n) is 3.45. The molecule has 27 heavy (non-hydrogen) atoms. The molecule has 1 aliphatic carbocycles. The Balaban J connectivity index is 1.52. The van der Waals surface area contributed by atoms with Crippen LogP contribution in [0.3, 0.4) is 0 Å². The van der Waals surface area contributed by atoms with E-state index >= 15 is 0 Å².